The normalized spacial score (nSPS) is 21.4. The maximum absolute atomic E-state index is 11.2. The van der Waals surface area contributed by atoms with Gasteiger partial charge in [-0.2, -0.15) is 0 Å². The molecule has 1 atom stereocenters. The summed E-state index contributed by atoms with van der Waals surface area (Å²) < 4.78 is 0. The maximum atomic E-state index is 11.2. The van der Waals surface area contributed by atoms with E-state index < -0.39 is 17.9 Å². The molecule has 0 radical (unpaired) electrons. The fraction of sp³-hybridized carbons (Fsp3) is 0.625. The molecule has 1 heterocycles. The number of aliphatic carboxylic acids is 1. The Balaban J connectivity index is 2.65. The molecule has 1 unspecified atom stereocenters. The molecule has 78 valence electrons. The molecule has 6 nitrogen and oxygen atoms in total. The van der Waals surface area contributed by atoms with Crippen LogP contribution in [0.2, 0.25) is 0 Å². The first-order chi connectivity index (χ1) is 6.54. The predicted octanol–water partition coefficient (Wildman–Crippen LogP) is -1.19. The van der Waals surface area contributed by atoms with Crippen LogP contribution >= 0.6 is 0 Å². The number of carbonyl (C=O) groups is 3. The number of rotatable bonds is 4. The molecule has 2 amide bonds. The molecule has 6 heteroatoms. The smallest absolute Gasteiger partial charge is 0.317 e. The second kappa shape index (κ2) is 4.19. The van der Waals surface area contributed by atoms with E-state index in [4.69, 9.17) is 5.11 Å². The SMILES string of the molecule is CCN(CC(=O)O)C1CC(=O)NC1=O. The number of hydrogen-bond donors (Lipinski definition) is 2. The molecular formula is C8H12N2O4. The zero-order valence-corrected chi connectivity index (χ0v) is 7.82. The van der Waals surface area contributed by atoms with Gasteiger partial charge in [0.25, 0.3) is 0 Å². The fourth-order valence-corrected chi connectivity index (χ4v) is 1.45. The zero-order chi connectivity index (χ0) is 10.7. The third-order valence-corrected chi connectivity index (χ3v) is 2.13. The summed E-state index contributed by atoms with van der Waals surface area (Å²) in [5.41, 5.74) is 0. The first kappa shape index (κ1) is 10.6. The molecule has 1 saturated heterocycles. The highest BCUT2D eigenvalue weighted by molar-refractivity contribution is 6.05. The number of nitrogens with one attached hydrogen (secondary N) is 1. The third-order valence-electron chi connectivity index (χ3n) is 2.13. The summed E-state index contributed by atoms with van der Waals surface area (Å²) in [6.07, 6.45) is 0.0555. The first-order valence-corrected chi connectivity index (χ1v) is 4.34. The van der Waals surface area contributed by atoms with E-state index in [0.29, 0.717) is 6.54 Å². The summed E-state index contributed by atoms with van der Waals surface area (Å²) in [6, 6.07) is -0.622. The molecule has 2 N–H and O–H groups in total. The lowest BCUT2D eigenvalue weighted by Crippen LogP contribution is -2.43. The highest BCUT2D eigenvalue weighted by atomic mass is 16.4. The van der Waals surface area contributed by atoms with Crippen LogP contribution in [0.25, 0.3) is 0 Å². The van der Waals surface area contributed by atoms with Gasteiger partial charge in [-0.25, -0.2) is 0 Å². The molecule has 1 fully saturated rings. The summed E-state index contributed by atoms with van der Waals surface area (Å²) >= 11 is 0. The van der Waals surface area contributed by atoms with Crippen LogP contribution in [-0.2, 0) is 14.4 Å². The second-order valence-corrected chi connectivity index (χ2v) is 3.09. The molecule has 0 spiro atoms. The zero-order valence-electron chi connectivity index (χ0n) is 7.82. The molecule has 1 rings (SSSR count). The number of carboxylic acid groups (broad SMARTS) is 1. The Morgan fingerprint density at radius 1 is 1.64 bits per heavy atom. The molecule has 1 aliphatic rings. The van der Waals surface area contributed by atoms with Crippen molar-refractivity contribution in [2.24, 2.45) is 0 Å². The van der Waals surface area contributed by atoms with E-state index in [1.165, 1.54) is 4.90 Å². The van der Waals surface area contributed by atoms with Crippen molar-refractivity contribution in [2.45, 2.75) is 19.4 Å². The van der Waals surface area contributed by atoms with Gasteiger partial charge in [0.15, 0.2) is 0 Å². The van der Waals surface area contributed by atoms with E-state index in [-0.39, 0.29) is 18.9 Å². The highest BCUT2D eigenvalue weighted by Crippen LogP contribution is 2.10. The van der Waals surface area contributed by atoms with E-state index in [2.05, 4.69) is 5.32 Å². The van der Waals surface area contributed by atoms with Gasteiger partial charge in [-0.15, -0.1) is 0 Å². The van der Waals surface area contributed by atoms with Gasteiger partial charge >= 0.3 is 5.97 Å². The Morgan fingerprint density at radius 3 is 2.64 bits per heavy atom. The summed E-state index contributed by atoms with van der Waals surface area (Å²) in [4.78, 5) is 34.0. The Hall–Kier alpha value is -1.43. The molecule has 0 aliphatic carbocycles. The van der Waals surface area contributed by atoms with Crippen LogP contribution in [0.15, 0.2) is 0 Å². The molecule has 0 aromatic rings. The number of hydrogen-bond acceptors (Lipinski definition) is 4. The van der Waals surface area contributed by atoms with Gasteiger partial charge in [0.05, 0.1) is 19.0 Å². The van der Waals surface area contributed by atoms with Gasteiger partial charge in [0.1, 0.15) is 0 Å². The monoisotopic (exact) mass is 200 g/mol. The van der Waals surface area contributed by atoms with E-state index in [0.717, 1.165) is 0 Å². The molecule has 0 aromatic heterocycles. The van der Waals surface area contributed by atoms with Crippen molar-refractivity contribution in [3.8, 4) is 0 Å². The molecule has 0 saturated carbocycles. The number of carboxylic acids is 1. The van der Waals surface area contributed by atoms with E-state index in [9.17, 15) is 14.4 Å². The summed E-state index contributed by atoms with van der Waals surface area (Å²) in [5.74, 6) is -1.75. The standard InChI is InChI=1S/C8H12N2O4/c1-2-10(4-7(12)13)5-3-6(11)9-8(5)14/h5H,2-4H2,1H3,(H,12,13)(H,9,11,14). The molecule has 0 aromatic carbocycles. The number of likely N-dealkylation sites (N-methyl/N-ethyl adjacent to an activating group) is 1. The average molecular weight is 200 g/mol. The van der Waals surface area contributed by atoms with Crippen LogP contribution in [0.1, 0.15) is 13.3 Å². The minimum absolute atomic E-state index is 0.0555. The quantitative estimate of drug-likeness (QED) is 0.557. The number of imide groups is 1. The highest BCUT2D eigenvalue weighted by Gasteiger charge is 2.35. The minimum atomic E-state index is -1.00. The van der Waals surface area contributed by atoms with Gasteiger partial charge < -0.3 is 5.11 Å². The number of carbonyl (C=O) groups excluding carboxylic acids is 2. The Kier molecular flexibility index (Phi) is 3.19. The van der Waals surface area contributed by atoms with Crippen molar-refractivity contribution in [1.82, 2.24) is 10.2 Å². The van der Waals surface area contributed by atoms with Crippen LogP contribution in [0.4, 0.5) is 0 Å². The van der Waals surface area contributed by atoms with Crippen molar-refractivity contribution in [2.75, 3.05) is 13.1 Å². The van der Waals surface area contributed by atoms with Gasteiger partial charge in [0.2, 0.25) is 11.8 Å². The van der Waals surface area contributed by atoms with Gasteiger partial charge in [-0.1, -0.05) is 6.92 Å². The molecular weight excluding hydrogens is 188 g/mol. The van der Waals surface area contributed by atoms with Crippen molar-refractivity contribution >= 4 is 17.8 Å². The van der Waals surface area contributed by atoms with Crippen molar-refractivity contribution < 1.29 is 19.5 Å². The van der Waals surface area contributed by atoms with Gasteiger partial charge in [0, 0.05) is 0 Å². The van der Waals surface area contributed by atoms with E-state index >= 15 is 0 Å². The second-order valence-electron chi connectivity index (χ2n) is 3.09. The lowest BCUT2D eigenvalue weighted by molar-refractivity contribution is -0.139. The van der Waals surface area contributed by atoms with Crippen molar-refractivity contribution in [1.29, 1.82) is 0 Å². The van der Waals surface area contributed by atoms with Crippen LogP contribution in [0.5, 0.6) is 0 Å². The van der Waals surface area contributed by atoms with Crippen LogP contribution in [0.3, 0.4) is 0 Å². The van der Waals surface area contributed by atoms with E-state index in [1.54, 1.807) is 6.92 Å². The Bertz CT molecular complexity index is 277. The third kappa shape index (κ3) is 2.29. The van der Waals surface area contributed by atoms with Crippen LogP contribution < -0.4 is 5.32 Å². The van der Waals surface area contributed by atoms with Crippen molar-refractivity contribution in [3.63, 3.8) is 0 Å². The summed E-state index contributed by atoms with van der Waals surface area (Å²) in [6.45, 7) is 1.96. The molecule has 1 aliphatic heterocycles. The summed E-state index contributed by atoms with van der Waals surface area (Å²) in [7, 11) is 0. The Morgan fingerprint density at radius 2 is 2.29 bits per heavy atom. The van der Waals surface area contributed by atoms with Crippen LogP contribution in [0, 0.1) is 0 Å². The number of nitrogens with zero attached hydrogens (tertiary/aromatic N) is 1. The average Bonchev–Trinajstić information content (AvgIpc) is 2.41. The predicted molar refractivity (Wildman–Crippen MR) is 46.4 cm³/mol. The van der Waals surface area contributed by atoms with Gasteiger partial charge in [-0.05, 0) is 6.54 Å². The summed E-state index contributed by atoms with van der Waals surface area (Å²) in [5, 5.41) is 10.7. The molecule has 0 bridgehead atoms. The fourth-order valence-electron chi connectivity index (χ4n) is 1.45. The maximum Gasteiger partial charge on any atom is 0.317 e. The lowest BCUT2D eigenvalue weighted by atomic mass is 10.2. The van der Waals surface area contributed by atoms with Crippen LogP contribution in [-0.4, -0.2) is 46.9 Å². The first-order valence-electron chi connectivity index (χ1n) is 4.34. The largest absolute Gasteiger partial charge is 0.480 e. The molecule has 14 heavy (non-hydrogen) atoms. The number of amides is 2. The van der Waals surface area contributed by atoms with E-state index in [1.807, 2.05) is 0 Å². The minimum Gasteiger partial charge on any atom is -0.480 e. The van der Waals surface area contributed by atoms with Crippen molar-refractivity contribution in [3.05, 3.63) is 0 Å². The lowest BCUT2D eigenvalue weighted by Gasteiger charge is -2.22. The van der Waals surface area contributed by atoms with Gasteiger partial charge in [-0.3, -0.25) is 24.6 Å². The topological polar surface area (TPSA) is 86.7 Å². The Labute approximate surface area is 80.9 Å².